The zero-order chi connectivity index (χ0) is 15.1. The van der Waals surface area contributed by atoms with Crippen molar-refractivity contribution >= 4 is 17.9 Å². The minimum absolute atomic E-state index is 0.0165. The highest BCUT2D eigenvalue weighted by Crippen LogP contribution is 2.16. The Hall–Kier alpha value is -1.79. The van der Waals surface area contributed by atoms with Crippen molar-refractivity contribution in [2.75, 3.05) is 6.54 Å². The summed E-state index contributed by atoms with van der Waals surface area (Å²) in [4.78, 5) is 33.0. The van der Waals surface area contributed by atoms with E-state index in [0.717, 1.165) is 6.42 Å². The smallest absolute Gasteiger partial charge is 0.326 e. The summed E-state index contributed by atoms with van der Waals surface area (Å²) in [5, 5.41) is 13.8. The summed E-state index contributed by atoms with van der Waals surface area (Å²) >= 11 is 0. The Morgan fingerprint density at radius 1 is 1.26 bits per heavy atom. The van der Waals surface area contributed by atoms with E-state index in [2.05, 4.69) is 10.6 Å². The SMILES string of the molecule is CC(C)(C)CCNC(=O)N[C@@H](CCC(N)=O)C(=O)O. The lowest BCUT2D eigenvalue weighted by molar-refractivity contribution is -0.139. The van der Waals surface area contributed by atoms with Crippen molar-refractivity contribution in [3.05, 3.63) is 0 Å². The third kappa shape index (κ3) is 9.87. The Morgan fingerprint density at radius 3 is 2.26 bits per heavy atom. The highest BCUT2D eigenvalue weighted by molar-refractivity contribution is 5.83. The number of nitrogens with two attached hydrogens (primary N) is 1. The molecule has 0 aromatic heterocycles. The molecule has 1 atom stereocenters. The maximum atomic E-state index is 11.5. The van der Waals surface area contributed by atoms with Gasteiger partial charge in [-0.05, 0) is 18.3 Å². The van der Waals surface area contributed by atoms with E-state index < -0.39 is 23.9 Å². The topological polar surface area (TPSA) is 122 Å². The average molecular weight is 273 g/mol. The molecule has 0 bridgehead atoms. The molecule has 0 rings (SSSR count). The predicted octanol–water partition coefficient (Wildman–Crippen LogP) is 0.441. The first-order chi connectivity index (χ1) is 8.61. The van der Waals surface area contributed by atoms with Gasteiger partial charge in [0.25, 0.3) is 0 Å². The van der Waals surface area contributed by atoms with Gasteiger partial charge in [-0.2, -0.15) is 0 Å². The van der Waals surface area contributed by atoms with Crippen molar-refractivity contribution in [2.45, 2.75) is 46.1 Å². The number of urea groups is 1. The van der Waals surface area contributed by atoms with Gasteiger partial charge in [0.1, 0.15) is 6.04 Å². The normalized spacial score (nSPS) is 12.6. The van der Waals surface area contributed by atoms with Crippen LogP contribution < -0.4 is 16.4 Å². The van der Waals surface area contributed by atoms with Gasteiger partial charge >= 0.3 is 12.0 Å². The second kappa shape index (κ2) is 7.60. The second-order valence-corrected chi connectivity index (χ2v) is 5.61. The number of carbonyl (C=O) groups excluding carboxylic acids is 2. The van der Waals surface area contributed by atoms with Gasteiger partial charge < -0.3 is 21.5 Å². The first kappa shape index (κ1) is 17.2. The standard InChI is InChI=1S/C12H23N3O4/c1-12(2,3)6-7-14-11(19)15-8(10(17)18)4-5-9(13)16/h8H,4-7H2,1-3H3,(H2,13,16)(H,17,18)(H2,14,15,19)/t8-/m0/s1. The largest absolute Gasteiger partial charge is 0.480 e. The first-order valence-corrected chi connectivity index (χ1v) is 6.17. The van der Waals surface area contributed by atoms with Crippen LogP contribution in [0, 0.1) is 5.41 Å². The fraction of sp³-hybridized carbons (Fsp3) is 0.750. The summed E-state index contributed by atoms with van der Waals surface area (Å²) in [7, 11) is 0. The molecule has 0 radical (unpaired) electrons. The molecule has 0 aromatic rings. The molecule has 19 heavy (non-hydrogen) atoms. The molecule has 0 saturated heterocycles. The molecule has 0 saturated carbocycles. The summed E-state index contributed by atoms with van der Waals surface area (Å²) < 4.78 is 0. The van der Waals surface area contributed by atoms with E-state index in [4.69, 9.17) is 10.8 Å². The van der Waals surface area contributed by atoms with Crippen molar-refractivity contribution in [1.29, 1.82) is 0 Å². The summed E-state index contributed by atoms with van der Waals surface area (Å²) in [6.07, 6.45) is 0.677. The van der Waals surface area contributed by atoms with Crippen LogP contribution in [0.3, 0.4) is 0 Å². The summed E-state index contributed by atoms with van der Waals surface area (Å²) in [6.45, 7) is 6.58. The Bertz CT molecular complexity index is 336. The molecule has 5 N–H and O–H groups in total. The number of carbonyl (C=O) groups is 3. The number of primary amides is 1. The maximum absolute atomic E-state index is 11.5. The van der Waals surface area contributed by atoms with Gasteiger partial charge in [-0.1, -0.05) is 20.8 Å². The van der Waals surface area contributed by atoms with Crippen LogP contribution in [0.5, 0.6) is 0 Å². The summed E-state index contributed by atoms with van der Waals surface area (Å²) in [6, 6.07) is -1.66. The highest BCUT2D eigenvalue weighted by Gasteiger charge is 2.20. The van der Waals surface area contributed by atoms with Crippen LogP contribution in [0.25, 0.3) is 0 Å². The lowest BCUT2D eigenvalue weighted by Crippen LogP contribution is -2.46. The number of nitrogens with one attached hydrogen (secondary N) is 2. The van der Waals surface area contributed by atoms with Gasteiger partial charge in [0.15, 0.2) is 0 Å². The molecule has 0 aliphatic carbocycles. The van der Waals surface area contributed by atoms with Crippen LogP contribution in [0.15, 0.2) is 0 Å². The number of carboxylic acids is 1. The van der Waals surface area contributed by atoms with E-state index in [-0.39, 0.29) is 18.3 Å². The van der Waals surface area contributed by atoms with E-state index in [1.54, 1.807) is 0 Å². The van der Waals surface area contributed by atoms with Gasteiger partial charge in [-0.25, -0.2) is 9.59 Å². The molecule has 0 aromatic carbocycles. The molecule has 7 heteroatoms. The fourth-order valence-corrected chi connectivity index (χ4v) is 1.30. The van der Waals surface area contributed by atoms with E-state index in [1.807, 2.05) is 20.8 Å². The quantitative estimate of drug-likeness (QED) is 0.537. The Labute approximate surface area is 112 Å². The van der Waals surface area contributed by atoms with Crippen LogP contribution in [0.1, 0.15) is 40.0 Å². The van der Waals surface area contributed by atoms with Crippen molar-refractivity contribution in [2.24, 2.45) is 11.1 Å². The van der Waals surface area contributed by atoms with Crippen molar-refractivity contribution in [1.82, 2.24) is 10.6 Å². The summed E-state index contributed by atoms with van der Waals surface area (Å²) in [5.41, 5.74) is 5.03. The second-order valence-electron chi connectivity index (χ2n) is 5.61. The zero-order valence-corrected chi connectivity index (χ0v) is 11.7. The van der Waals surface area contributed by atoms with Crippen molar-refractivity contribution in [3.63, 3.8) is 0 Å². The Balaban J connectivity index is 4.10. The van der Waals surface area contributed by atoms with E-state index >= 15 is 0 Å². The molecule has 7 nitrogen and oxygen atoms in total. The fourth-order valence-electron chi connectivity index (χ4n) is 1.30. The molecule has 0 fully saturated rings. The predicted molar refractivity (Wildman–Crippen MR) is 70.5 cm³/mol. The molecule has 0 heterocycles. The Kier molecular flexibility index (Phi) is 6.89. The van der Waals surface area contributed by atoms with E-state index in [9.17, 15) is 14.4 Å². The molecule has 0 aliphatic rings. The van der Waals surface area contributed by atoms with Gasteiger partial charge in [-0.3, -0.25) is 4.79 Å². The highest BCUT2D eigenvalue weighted by atomic mass is 16.4. The van der Waals surface area contributed by atoms with Crippen LogP contribution in [-0.2, 0) is 9.59 Å². The minimum Gasteiger partial charge on any atom is -0.480 e. The molecular weight excluding hydrogens is 250 g/mol. The lowest BCUT2D eigenvalue weighted by atomic mass is 9.92. The van der Waals surface area contributed by atoms with Crippen LogP contribution in [0.4, 0.5) is 4.79 Å². The van der Waals surface area contributed by atoms with Crippen LogP contribution in [0.2, 0.25) is 0 Å². The number of hydrogen-bond acceptors (Lipinski definition) is 3. The third-order valence-corrected chi connectivity index (χ3v) is 2.44. The Morgan fingerprint density at radius 2 is 1.84 bits per heavy atom. The third-order valence-electron chi connectivity index (χ3n) is 2.44. The van der Waals surface area contributed by atoms with Gasteiger partial charge in [0.05, 0.1) is 0 Å². The monoisotopic (exact) mass is 273 g/mol. The minimum atomic E-state index is -1.19. The molecule has 110 valence electrons. The van der Waals surface area contributed by atoms with Gasteiger partial charge in [0, 0.05) is 13.0 Å². The molecule has 0 aliphatic heterocycles. The van der Waals surface area contributed by atoms with Crippen LogP contribution >= 0.6 is 0 Å². The van der Waals surface area contributed by atoms with Crippen molar-refractivity contribution in [3.8, 4) is 0 Å². The molecule has 3 amide bonds. The number of aliphatic carboxylic acids is 1. The van der Waals surface area contributed by atoms with Crippen LogP contribution in [-0.4, -0.2) is 35.6 Å². The number of rotatable bonds is 7. The van der Waals surface area contributed by atoms with Gasteiger partial charge in [-0.15, -0.1) is 0 Å². The number of hydrogen-bond donors (Lipinski definition) is 4. The molecule has 0 spiro atoms. The lowest BCUT2D eigenvalue weighted by Gasteiger charge is -2.19. The van der Waals surface area contributed by atoms with Gasteiger partial charge in [0.2, 0.25) is 5.91 Å². The molecule has 0 unspecified atom stereocenters. The summed E-state index contributed by atoms with van der Waals surface area (Å²) in [5.74, 6) is -1.78. The average Bonchev–Trinajstić information content (AvgIpc) is 2.21. The number of carboxylic acid groups (broad SMARTS) is 1. The zero-order valence-electron chi connectivity index (χ0n) is 11.7. The first-order valence-electron chi connectivity index (χ1n) is 6.17. The molecular formula is C12H23N3O4. The number of amides is 3. The van der Waals surface area contributed by atoms with E-state index in [1.165, 1.54) is 0 Å². The van der Waals surface area contributed by atoms with Crippen molar-refractivity contribution < 1.29 is 19.5 Å². The van der Waals surface area contributed by atoms with E-state index in [0.29, 0.717) is 6.54 Å². The maximum Gasteiger partial charge on any atom is 0.326 e.